The number of carbonyl (C=O) groups excluding carboxylic acids is 4. The molecule has 0 aliphatic rings. The molecule has 9 heteroatoms. The summed E-state index contributed by atoms with van der Waals surface area (Å²) < 4.78 is 11.3. The molecular formula is C39H51N3O6. The Morgan fingerprint density at radius 1 is 0.667 bits per heavy atom. The molecule has 0 bridgehead atoms. The second-order valence-corrected chi connectivity index (χ2v) is 14.0. The molecule has 4 atom stereocenters. The Kier molecular flexibility index (Phi) is 13.3. The minimum absolute atomic E-state index is 0.170. The van der Waals surface area contributed by atoms with Crippen LogP contribution in [0, 0.1) is 0 Å². The zero-order chi connectivity index (χ0) is 35.5. The number of nitrogens with one attached hydrogen (secondary N) is 2. The number of hydrogen-bond acceptors (Lipinski definition) is 6. The van der Waals surface area contributed by atoms with Gasteiger partial charge in [0, 0.05) is 18.9 Å². The highest BCUT2D eigenvalue weighted by Gasteiger charge is 2.40. The molecule has 0 aromatic heterocycles. The lowest BCUT2D eigenvalue weighted by Crippen LogP contribution is -2.57. The summed E-state index contributed by atoms with van der Waals surface area (Å²) in [6.07, 6.45) is 0.141. The van der Waals surface area contributed by atoms with Crippen molar-refractivity contribution in [3.8, 4) is 0 Å². The van der Waals surface area contributed by atoms with Gasteiger partial charge < -0.3 is 25.0 Å². The van der Waals surface area contributed by atoms with Crippen LogP contribution in [0.1, 0.15) is 84.5 Å². The van der Waals surface area contributed by atoms with Gasteiger partial charge in [0.15, 0.2) is 0 Å². The number of ether oxygens (including phenoxy) is 2. The van der Waals surface area contributed by atoms with E-state index in [0.29, 0.717) is 12.0 Å². The van der Waals surface area contributed by atoms with E-state index in [0.717, 1.165) is 11.1 Å². The van der Waals surface area contributed by atoms with Gasteiger partial charge in [0.25, 0.3) is 0 Å². The van der Waals surface area contributed by atoms with Crippen LogP contribution in [0.5, 0.6) is 0 Å². The van der Waals surface area contributed by atoms with Crippen molar-refractivity contribution >= 4 is 23.9 Å². The van der Waals surface area contributed by atoms with E-state index in [-0.39, 0.29) is 12.8 Å². The Balaban J connectivity index is 2.08. The zero-order valence-electron chi connectivity index (χ0n) is 29.5. The third-order valence-electron chi connectivity index (χ3n) is 7.52. The lowest BCUT2D eigenvalue weighted by molar-refractivity contribution is -0.159. The molecule has 0 saturated carbocycles. The van der Waals surface area contributed by atoms with Crippen molar-refractivity contribution in [1.82, 2.24) is 15.5 Å². The van der Waals surface area contributed by atoms with Gasteiger partial charge in [-0.1, -0.05) is 97.9 Å². The summed E-state index contributed by atoms with van der Waals surface area (Å²) >= 11 is 0. The molecular weight excluding hydrogens is 606 g/mol. The topological polar surface area (TPSA) is 114 Å². The number of nitrogens with zero attached hydrogens (tertiary/aromatic N) is 1. The van der Waals surface area contributed by atoms with Crippen LogP contribution in [0.4, 0.5) is 4.79 Å². The Morgan fingerprint density at radius 2 is 1.12 bits per heavy atom. The van der Waals surface area contributed by atoms with Crippen LogP contribution in [0.15, 0.2) is 91.0 Å². The summed E-state index contributed by atoms with van der Waals surface area (Å²) in [5.74, 6) is -1.58. The number of carbonyl (C=O) groups is 4. The van der Waals surface area contributed by atoms with Crippen LogP contribution in [0.3, 0.4) is 0 Å². The Hall–Kier alpha value is -4.66. The van der Waals surface area contributed by atoms with Gasteiger partial charge in [-0.2, -0.15) is 0 Å². The molecule has 9 nitrogen and oxygen atoms in total. The Labute approximate surface area is 285 Å². The van der Waals surface area contributed by atoms with E-state index in [4.69, 9.17) is 9.47 Å². The first-order chi connectivity index (χ1) is 22.6. The van der Waals surface area contributed by atoms with Gasteiger partial charge in [-0.25, -0.2) is 9.59 Å². The minimum atomic E-state index is -1.13. The molecule has 3 rings (SSSR count). The monoisotopic (exact) mass is 657 g/mol. The fourth-order valence-corrected chi connectivity index (χ4v) is 5.22. The van der Waals surface area contributed by atoms with Gasteiger partial charge in [-0.15, -0.1) is 0 Å². The second-order valence-electron chi connectivity index (χ2n) is 14.0. The number of alkyl carbamates (subject to hydrolysis) is 1. The molecule has 2 N–H and O–H groups in total. The van der Waals surface area contributed by atoms with Crippen molar-refractivity contribution in [2.24, 2.45) is 0 Å². The van der Waals surface area contributed by atoms with E-state index >= 15 is 0 Å². The molecule has 3 amide bonds. The molecule has 258 valence electrons. The molecule has 0 spiro atoms. The number of rotatable bonds is 13. The van der Waals surface area contributed by atoms with Crippen molar-refractivity contribution in [2.75, 3.05) is 0 Å². The van der Waals surface area contributed by atoms with Gasteiger partial charge >= 0.3 is 12.1 Å². The van der Waals surface area contributed by atoms with E-state index < -0.39 is 59.2 Å². The molecule has 4 unspecified atom stereocenters. The predicted molar refractivity (Wildman–Crippen MR) is 187 cm³/mol. The Morgan fingerprint density at radius 3 is 1.58 bits per heavy atom. The molecule has 0 aliphatic carbocycles. The van der Waals surface area contributed by atoms with E-state index in [1.165, 1.54) is 4.90 Å². The predicted octanol–water partition coefficient (Wildman–Crippen LogP) is 6.56. The van der Waals surface area contributed by atoms with Gasteiger partial charge in [0.05, 0.1) is 0 Å². The number of benzene rings is 3. The number of amides is 3. The lowest BCUT2D eigenvalue weighted by Gasteiger charge is -2.39. The van der Waals surface area contributed by atoms with E-state index in [9.17, 15) is 19.2 Å². The van der Waals surface area contributed by atoms with E-state index in [1.54, 1.807) is 65.8 Å². The largest absolute Gasteiger partial charge is 0.458 e. The highest BCUT2D eigenvalue weighted by molar-refractivity contribution is 5.94. The van der Waals surface area contributed by atoms with Crippen LogP contribution in [0.25, 0.3) is 0 Å². The highest BCUT2D eigenvalue weighted by atomic mass is 16.6. The third kappa shape index (κ3) is 11.9. The number of esters is 1. The molecule has 0 heterocycles. The lowest BCUT2D eigenvalue weighted by atomic mass is 9.97. The van der Waals surface area contributed by atoms with Crippen molar-refractivity contribution in [1.29, 1.82) is 0 Å². The first-order valence-corrected chi connectivity index (χ1v) is 16.6. The van der Waals surface area contributed by atoms with Crippen molar-refractivity contribution < 1.29 is 28.7 Å². The van der Waals surface area contributed by atoms with Crippen molar-refractivity contribution in [3.05, 3.63) is 108 Å². The Bertz CT molecular complexity index is 1480. The summed E-state index contributed by atoms with van der Waals surface area (Å²) in [6.45, 7) is 14.3. The standard InChI is InChI=1S/C39H51N3O6/c1-9-27(2)42(35(44)31(25-28-19-13-10-14-20-28)41-37(46)48-39(6,7)8)33(30-23-17-12-18-24-30)34(43)40-32(36(45)47-38(3,4)5)26-29-21-15-11-16-22-29/h10-24,27,31-33H,9,25-26H2,1-8H3,(H,40,43)(H,41,46). The second kappa shape index (κ2) is 16.9. The maximum absolute atomic E-state index is 14.8. The summed E-state index contributed by atoms with van der Waals surface area (Å²) in [5, 5.41) is 5.73. The van der Waals surface area contributed by atoms with E-state index in [1.807, 2.05) is 80.6 Å². The fourth-order valence-electron chi connectivity index (χ4n) is 5.22. The van der Waals surface area contributed by atoms with Crippen LogP contribution < -0.4 is 10.6 Å². The molecule has 0 saturated heterocycles. The molecule has 0 fully saturated rings. The minimum Gasteiger partial charge on any atom is -0.458 e. The first kappa shape index (κ1) is 37.8. The summed E-state index contributed by atoms with van der Waals surface area (Å²) in [7, 11) is 0. The third-order valence-corrected chi connectivity index (χ3v) is 7.52. The molecule has 0 aliphatic heterocycles. The van der Waals surface area contributed by atoms with Crippen LogP contribution >= 0.6 is 0 Å². The van der Waals surface area contributed by atoms with Crippen LogP contribution in [-0.2, 0) is 36.7 Å². The maximum atomic E-state index is 14.8. The zero-order valence-corrected chi connectivity index (χ0v) is 29.5. The van der Waals surface area contributed by atoms with Crippen molar-refractivity contribution in [3.63, 3.8) is 0 Å². The maximum Gasteiger partial charge on any atom is 0.408 e. The van der Waals surface area contributed by atoms with Crippen LogP contribution in [0.2, 0.25) is 0 Å². The highest BCUT2D eigenvalue weighted by Crippen LogP contribution is 2.27. The summed E-state index contributed by atoms with van der Waals surface area (Å²) in [6, 6.07) is 24.0. The first-order valence-electron chi connectivity index (χ1n) is 16.6. The van der Waals surface area contributed by atoms with E-state index in [2.05, 4.69) is 10.6 Å². The van der Waals surface area contributed by atoms with Gasteiger partial charge in [0.2, 0.25) is 11.8 Å². The average molecular weight is 658 g/mol. The summed E-state index contributed by atoms with van der Waals surface area (Å²) in [4.78, 5) is 57.4. The van der Waals surface area contributed by atoms with Crippen LogP contribution in [-0.4, -0.2) is 58.1 Å². The normalized spacial score (nSPS) is 14.1. The van der Waals surface area contributed by atoms with Gasteiger partial charge in [-0.05, 0) is 71.6 Å². The number of hydrogen-bond donors (Lipinski definition) is 2. The SMILES string of the molecule is CCC(C)N(C(=O)C(Cc1ccccc1)NC(=O)OC(C)(C)C)C(C(=O)NC(Cc1ccccc1)C(=O)OC(C)(C)C)c1ccccc1. The fraction of sp³-hybridized carbons (Fsp3) is 0.436. The molecule has 0 radical (unpaired) electrons. The van der Waals surface area contributed by atoms with Gasteiger partial charge in [-0.3, -0.25) is 9.59 Å². The molecule has 48 heavy (non-hydrogen) atoms. The smallest absolute Gasteiger partial charge is 0.408 e. The molecule has 3 aromatic carbocycles. The van der Waals surface area contributed by atoms with Crippen molar-refractivity contribution in [2.45, 2.75) is 110 Å². The van der Waals surface area contributed by atoms with Gasteiger partial charge in [0.1, 0.15) is 29.3 Å². The molecule has 3 aromatic rings. The average Bonchev–Trinajstić information content (AvgIpc) is 3.02. The quantitative estimate of drug-likeness (QED) is 0.201. The summed E-state index contributed by atoms with van der Waals surface area (Å²) in [5.41, 5.74) is 0.644.